The summed E-state index contributed by atoms with van der Waals surface area (Å²) in [7, 11) is 1.57. The largest absolute Gasteiger partial charge is 0.396 e. The minimum atomic E-state index is -0.981. The minimum Gasteiger partial charge on any atom is -0.396 e. The summed E-state index contributed by atoms with van der Waals surface area (Å²) in [5.41, 5.74) is 0. The first-order valence-electron chi connectivity index (χ1n) is 7.14. The second-order valence-electron chi connectivity index (χ2n) is 5.06. The van der Waals surface area contributed by atoms with E-state index < -0.39 is 6.10 Å². The van der Waals surface area contributed by atoms with Gasteiger partial charge < -0.3 is 25.7 Å². The SMILES string of the molecule is CNC(=O)NC1CCN(C(=O)C(O)CCCCO)CC1. The lowest BCUT2D eigenvalue weighted by Crippen LogP contribution is -2.50. The third kappa shape index (κ3) is 5.34. The Labute approximate surface area is 119 Å². The predicted octanol–water partition coefficient (Wildman–Crippen LogP) is -0.570. The number of unbranched alkanes of at least 4 members (excludes halogenated alkanes) is 1. The molecule has 1 saturated heterocycles. The smallest absolute Gasteiger partial charge is 0.314 e. The minimum absolute atomic E-state index is 0.0746. The van der Waals surface area contributed by atoms with Gasteiger partial charge in [-0.1, -0.05) is 0 Å². The van der Waals surface area contributed by atoms with E-state index in [9.17, 15) is 14.7 Å². The maximum atomic E-state index is 12.0. The second-order valence-corrected chi connectivity index (χ2v) is 5.06. The van der Waals surface area contributed by atoms with Gasteiger partial charge in [0, 0.05) is 32.8 Å². The zero-order valence-corrected chi connectivity index (χ0v) is 12.0. The van der Waals surface area contributed by atoms with Crippen molar-refractivity contribution in [3.63, 3.8) is 0 Å². The van der Waals surface area contributed by atoms with Gasteiger partial charge in [-0.2, -0.15) is 0 Å². The molecule has 3 amide bonds. The number of piperidine rings is 1. The van der Waals surface area contributed by atoms with Gasteiger partial charge in [-0.05, 0) is 32.1 Å². The van der Waals surface area contributed by atoms with Gasteiger partial charge in [-0.15, -0.1) is 0 Å². The maximum absolute atomic E-state index is 12.0. The third-order valence-corrected chi connectivity index (χ3v) is 3.54. The number of amides is 3. The van der Waals surface area contributed by atoms with Crippen molar-refractivity contribution in [1.29, 1.82) is 0 Å². The van der Waals surface area contributed by atoms with Crippen LogP contribution in [0.25, 0.3) is 0 Å². The van der Waals surface area contributed by atoms with Gasteiger partial charge in [0.2, 0.25) is 0 Å². The monoisotopic (exact) mass is 287 g/mol. The molecule has 7 heteroatoms. The average Bonchev–Trinajstić information content (AvgIpc) is 2.47. The second kappa shape index (κ2) is 8.76. The molecule has 1 atom stereocenters. The normalized spacial score (nSPS) is 17.6. The molecule has 1 rings (SSSR count). The first kappa shape index (κ1) is 16.7. The van der Waals surface area contributed by atoms with E-state index in [1.54, 1.807) is 11.9 Å². The van der Waals surface area contributed by atoms with Gasteiger partial charge in [0.1, 0.15) is 6.10 Å². The van der Waals surface area contributed by atoms with E-state index in [0.717, 1.165) is 0 Å². The molecule has 0 bridgehead atoms. The number of nitrogens with zero attached hydrogens (tertiary/aromatic N) is 1. The molecule has 0 aliphatic carbocycles. The summed E-state index contributed by atoms with van der Waals surface area (Å²) in [6.07, 6.45) is 2.03. The fraction of sp³-hybridized carbons (Fsp3) is 0.846. The number of nitrogens with one attached hydrogen (secondary N) is 2. The molecular weight excluding hydrogens is 262 g/mol. The van der Waals surface area contributed by atoms with Crippen LogP contribution >= 0.6 is 0 Å². The Morgan fingerprint density at radius 1 is 1.30 bits per heavy atom. The molecule has 7 nitrogen and oxygen atoms in total. The van der Waals surface area contributed by atoms with Crippen molar-refractivity contribution in [3.8, 4) is 0 Å². The van der Waals surface area contributed by atoms with Gasteiger partial charge in [-0.3, -0.25) is 4.79 Å². The number of hydrogen-bond donors (Lipinski definition) is 4. The Morgan fingerprint density at radius 3 is 2.50 bits per heavy atom. The molecular formula is C13H25N3O4. The summed E-state index contributed by atoms with van der Waals surface area (Å²) in [6, 6.07) is -0.135. The van der Waals surface area contributed by atoms with E-state index in [2.05, 4.69) is 10.6 Å². The fourth-order valence-corrected chi connectivity index (χ4v) is 2.29. The summed E-state index contributed by atoms with van der Waals surface area (Å²) in [6.45, 7) is 1.17. The molecule has 1 aliphatic rings. The van der Waals surface area contributed by atoms with Crippen LogP contribution in [-0.2, 0) is 4.79 Å². The molecule has 0 aromatic heterocycles. The summed E-state index contributed by atoms with van der Waals surface area (Å²) in [4.78, 5) is 24.8. The van der Waals surface area contributed by atoms with Crippen molar-refractivity contribution >= 4 is 11.9 Å². The molecule has 20 heavy (non-hydrogen) atoms. The number of urea groups is 1. The number of aliphatic hydroxyl groups is 2. The predicted molar refractivity (Wildman–Crippen MR) is 74.1 cm³/mol. The van der Waals surface area contributed by atoms with Gasteiger partial charge in [0.25, 0.3) is 5.91 Å². The lowest BCUT2D eigenvalue weighted by atomic mass is 10.0. The molecule has 1 unspecified atom stereocenters. The third-order valence-electron chi connectivity index (χ3n) is 3.54. The molecule has 0 aromatic rings. The molecule has 0 radical (unpaired) electrons. The molecule has 0 aromatic carbocycles. The highest BCUT2D eigenvalue weighted by molar-refractivity contribution is 5.80. The Hall–Kier alpha value is -1.34. The first-order chi connectivity index (χ1) is 9.58. The van der Waals surface area contributed by atoms with E-state index in [1.807, 2.05) is 0 Å². The molecule has 0 saturated carbocycles. The summed E-state index contributed by atoms with van der Waals surface area (Å²) in [5, 5.41) is 23.8. The number of hydrogen-bond acceptors (Lipinski definition) is 4. The highest BCUT2D eigenvalue weighted by Gasteiger charge is 2.27. The number of aliphatic hydroxyl groups excluding tert-OH is 2. The first-order valence-corrected chi connectivity index (χ1v) is 7.14. The van der Waals surface area contributed by atoms with Gasteiger partial charge >= 0.3 is 6.03 Å². The van der Waals surface area contributed by atoms with E-state index in [4.69, 9.17) is 5.11 Å². The van der Waals surface area contributed by atoms with Crippen LogP contribution in [0.1, 0.15) is 32.1 Å². The van der Waals surface area contributed by atoms with Crippen molar-refractivity contribution in [2.45, 2.75) is 44.2 Å². The summed E-state index contributed by atoms with van der Waals surface area (Å²) < 4.78 is 0. The number of carbonyl (C=O) groups is 2. The van der Waals surface area contributed by atoms with Crippen molar-refractivity contribution in [3.05, 3.63) is 0 Å². The standard InChI is InChI=1S/C13H25N3O4/c1-14-13(20)15-10-5-7-16(8-6-10)12(19)11(18)4-2-3-9-17/h10-11,17-18H,2-9H2,1H3,(H2,14,15,20). The average molecular weight is 287 g/mol. The van der Waals surface area contributed by atoms with E-state index in [-0.39, 0.29) is 24.6 Å². The van der Waals surface area contributed by atoms with Crippen molar-refractivity contribution in [2.75, 3.05) is 26.7 Å². The van der Waals surface area contributed by atoms with Crippen LogP contribution in [0, 0.1) is 0 Å². The van der Waals surface area contributed by atoms with Crippen LogP contribution in [-0.4, -0.2) is 65.9 Å². The van der Waals surface area contributed by atoms with Crippen LogP contribution in [0.4, 0.5) is 4.79 Å². The summed E-state index contributed by atoms with van der Waals surface area (Å²) in [5.74, 6) is -0.249. The van der Waals surface area contributed by atoms with Crippen molar-refractivity contribution < 1.29 is 19.8 Å². The van der Waals surface area contributed by atoms with Crippen LogP contribution in [0.15, 0.2) is 0 Å². The van der Waals surface area contributed by atoms with Gasteiger partial charge in [0.05, 0.1) is 0 Å². The molecule has 4 N–H and O–H groups in total. The maximum Gasteiger partial charge on any atom is 0.314 e. The lowest BCUT2D eigenvalue weighted by molar-refractivity contribution is -0.141. The van der Waals surface area contributed by atoms with E-state index in [0.29, 0.717) is 45.2 Å². The molecule has 1 fully saturated rings. The van der Waals surface area contributed by atoms with Crippen molar-refractivity contribution in [2.24, 2.45) is 0 Å². The highest BCUT2D eigenvalue weighted by Crippen LogP contribution is 2.13. The number of carbonyl (C=O) groups excluding carboxylic acids is 2. The highest BCUT2D eigenvalue weighted by atomic mass is 16.3. The lowest BCUT2D eigenvalue weighted by Gasteiger charge is -2.33. The molecule has 1 aliphatic heterocycles. The Balaban J connectivity index is 2.29. The van der Waals surface area contributed by atoms with Crippen LogP contribution in [0.2, 0.25) is 0 Å². The van der Waals surface area contributed by atoms with Crippen LogP contribution in [0.5, 0.6) is 0 Å². The van der Waals surface area contributed by atoms with E-state index in [1.165, 1.54) is 0 Å². The van der Waals surface area contributed by atoms with Crippen molar-refractivity contribution in [1.82, 2.24) is 15.5 Å². The zero-order chi connectivity index (χ0) is 15.0. The van der Waals surface area contributed by atoms with Crippen LogP contribution < -0.4 is 10.6 Å². The van der Waals surface area contributed by atoms with Gasteiger partial charge in [-0.25, -0.2) is 4.79 Å². The van der Waals surface area contributed by atoms with E-state index >= 15 is 0 Å². The number of rotatable bonds is 6. The summed E-state index contributed by atoms with van der Waals surface area (Å²) >= 11 is 0. The van der Waals surface area contributed by atoms with Gasteiger partial charge in [0.15, 0.2) is 0 Å². The number of likely N-dealkylation sites (tertiary alicyclic amines) is 1. The Kier molecular flexibility index (Phi) is 7.32. The Morgan fingerprint density at radius 2 is 1.95 bits per heavy atom. The zero-order valence-electron chi connectivity index (χ0n) is 12.0. The molecule has 1 heterocycles. The van der Waals surface area contributed by atoms with Crippen LogP contribution in [0.3, 0.4) is 0 Å². The topological polar surface area (TPSA) is 102 Å². The Bertz CT molecular complexity index is 317. The fourth-order valence-electron chi connectivity index (χ4n) is 2.29. The molecule has 0 spiro atoms. The quantitative estimate of drug-likeness (QED) is 0.491. The molecule has 116 valence electrons.